The average Bonchev–Trinajstić information content (AvgIpc) is 3.35. The second-order valence-electron chi connectivity index (χ2n) is 8.81. The highest BCUT2D eigenvalue weighted by Crippen LogP contribution is 2.35. The van der Waals surface area contributed by atoms with E-state index in [0.717, 1.165) is 6.20 Å². The van der Waals surface area contributed by atoms with Gasteiger partial charge in [-0.1, -0.05) is 12.1 Å². The number of furan rings is 1. The normalized spacial score (nSPS) is 11.8. The summed E-state index contributed by atoms with van der Waals surface area (Å²) in [6.07, 6.45) is 2.21. The number of rotatable bonds is 7. The van der Waals surface area contributed by atoms with Crippen LogP contribution in [-0.4, -0.2) is 40.1 Å². The van der Waals surface area contributed by atoms with Crippen molar-refractivity contribution in [2.75, 3.05) is 13.7 Å². The summed E-state index contributed by atoms with van der Waals surface area (Å²) < 4.78 is 33.9. The molecular weight excluding hydrogens is 522 g/mol. The van der Waals surface area contributed by atoms with Crippen LogP contribution in [0.15, 0.2) is 88.3 Å². The summed E-state index contributed by atoms with van der Waals surface area (Å²) in [6.45, 7) is -0.452. The van der Waals surface area contributed by atoms with Crippen LogP contribution in [0.2, 0.25) is 0 Å². The fourth-order valence-corrected chi connectivity index (χ4v) is 4.28. The number of amides is 2. The van der Waals surface area contributed by atoms with Crippen LogP contribution in [0, 0.1) is 11.6 Å². The predicted molar refractivity (Wildman–Crippen MR) is 142 cm³/mol. The first-order chi connectivity index (χ1) is 19.3. The summed E-state index contributed by atoms with van der Waals surface area (Å²) in [5, 5.41) is 15.3. The highest BCUT2D eigenvalue weighted by atomic mass is 19.1. The first-order valence-electron chi connectivity index (χ1n) is 12.1. The molecule has 0 aliphatic carbocycles. The Hall–Kier alpha value is -5.16. The van der Waals surface area contributed by atoms with Gasteiger partial charge in [0.15, 0.2) is 0 Å². The summed E-state index contributed by atoms with van der Waals surface area (Å²) >= 11 is 0. The van der Waals surface area contributed by atoms with Gasteiger partial charge in [-0.15, -0.1) is 0 Å². The zero-order valence-corrected chi connectivity index (χ0v) is 21.0. The Bertz CT molecular complexity index is 1780. The van der Waals surface area contributed by atoms with Crippen LogP contribution in [0.25, 0.3) is 28.0 Å². The largest absolute Gasteiger partial charge is 0.455 e. The minimum absolute atomic E-state index is 0.119. The van der Waals surface area contributed by atoms with Crippen molar-refractivity contribution in [1.82, 2.24) is 20.2 Å². The molecular formula is C29H22F2N4O5. The van der Waals surface area contributed by atoms with Crippen LogP contribution in [0.5, 0.6) is 0 Å². The molecule has 202 valence electrons. The zero-order valence-electron chi connectivity index (χ0n) is 21.0. The van der Waals surface area contributed by atoms with Crippen molar-refractivity contribution in [3.05, 3.63) is 118 Å². The van der Waals surface area contributed by atoms with Gasteiger partial charge in [0, 0.05) is 29.9 Å². The summed E-state index contributed by atoms with van der Waals surface area (Å²) in [5.74, 6) is -1.80. The van der Waals surface area contributed by atoms with Crippen molar-refractivity contribution in [3.63, 3.8) is 0 Å². The van der Waals surface area contributed by atoms with E-state index in [-0.39, 0.29) is 17.0 Å². The van der Waals surface area contributed by atoms with Gasteiger partial charge in [-0.25, -0.2) is 13.8 Å². The van der Waals surface area contributed by atoms with Crippen LogP contribution >= 0.6 is 0 Å². The number of carbonyl (C=O) groups is 2. The van der Waals surface area contributed by atoms with Crippen molar-refractivity contribution >= 4 is 22.8 Å². The van der Waals surface area contributed by atoms with Gasteiger partial charge in [-0.2, -0.15) is 0 Å². The quantitative estimate of drug-likeness (QED) is 0.287. The second-order valence-corrected chi connectivity index (χ2v) is 8.81. The Kier molecular flexibility index (Phi) is 7.21. The van der Waals surface area contributed by atoms with E-state index in [0.29, 0.717) is 27.8 Å². The average molecular weight is 545 g/mol. The lowest BCUT2D eigenvalue weighted by Crippen LogP contribution is -2.32. The summed E-state index contributed by atoms with van der Waals surface area (Å²) in [7, 11) is 1.46. The number of aromatic nitrogens is 2. The molecule has 0 saturated heterocycles. The molecule has 0 aliphatic rings. The molecule has 1 unspecified atom stereocenters. The number of fused-ring (bicyclic) bond motifs is 1. The molecule has 0 fully saturated rings. The van der Waals surface area contributed by atoms with E-state index < -0.39 is 41.7 Å². The van der Waals surface area contributed by atoms with Crippen molar-refractivity contribution in [1.29, 1.82) is 0 Å². The number of nitrogens with zero attached hydrogens (tertiary/aromatic N) is 2. The molecule has 2 heterocycles. The van der Waals surface area contributed by atoms with E-state index in [9.17, 15) is 28.3 Å². The van der Waals surface area contributed by atoms with Gasteiger partial charge in [-0.05, 0) is 60.2 Å². The standard InChI is InChI=1S/C29H22F2N4O5/c1-32-29(39)26-21-12-20(10-11-24(21)40-27(26)17-4-8-19(31)9-5-17)35-14-22(33-13-25(35)37)28(38)34-23(15-36)16-2-6-18(30)7-3-16/h2-14,23,36H,15H2,1H3,(H,32,39)(H,34,38). The fraction of sp³-hybridized carbons (Fsp3) is 0.103. The molecule has 11 heteroatoms. The van der Waals surface area contributed by atoms with Crippen molar-refractivity contribution in [3.8, 4) is 17.0 Å². The van der Waals surface area contributed by atoms with Crippen molar-refractivity contribution < 1.29 is 27.9 Å². The van der Waals surface area contributed by atoms with E-state index in [1.165, 1.54) is 66.3 Å². The lowest BCUT2D eigenvalue weighted by Gasteiger charge is -2.17. The maximum absolute atomic E-state index is 13.5. The smallest absolute Gasteiger partial charge is 0.273 e. The monoisotopic (exact) mass is 544 g/mol. The van der Waals surface area contributed by atoms with Gasteiger partial charge in [0.05, 0.1) is 24.4 Å². The predicted octanol–water partition coefficient (Wildman–Crippen LogP) is 3.75. The van der Waals surface area contributed by atoms with Crippen molar-refractivity contribution in [2.45, 2.75) is 6.04 Å². The van der Waals surface area contributed by atoms with E-state index in [2.05, 4.69) is 15.6 Å². The topological polar surface area (TPSA) is 126 Å². The lowest BCUT2D eigenvalue weighted by molar-refractivity contribution is 0.0909. The lowest BCUT2D eigenvalue weighted by atomic mass is 10.0. The number of carbonyl (C=O) groups excluding carboxylic acids is 2. The molecule has 3 aromatic carbocycles. The number of aliphatic hydroxyl groups is 1. The van der Waals surface area contributed by atoms with E-state index in [4.69, 9.17) is 4.42 Å². The van der Waals surface area contributed by atoms with Crippen LogP contribution < -0.4 is 16.2 Å². The van der Waals surface area contributed by atoms with E-state index in [1.807, 2.05) is 0 Å². The first-order valence-corrected chi connectivity index (χ1v) is 12.1. The summed E-state index contributed by atoms with van der Waals surface area (Å²) in [5.41, 5.74) is 1.17. The maximum Gasteiger partial charge on any atom is 0.273 e. The van der Waals surface area contributed by atoms with E-state index >= 15 is 0 Å². The van der Waals surface area contributed by atoms with Gasteiger partial charge < -0.3 is 20.2 Å². The molecule has 1 atom stereocenters. The summed E-state index contributed by atoms with van der Waals surface area (Å²) in [6, 6.07) is 14.7. The number of halogens is 2. The molecule has 0 aliphatic heterocycles. The number of nitrogens with one attached hydrogen (secondary N) is 2. The molecule has 0 saturated carbocycles. The number of benzene rings is 3. The minimum atomic E-state index is -0.836. The molecule has 40 heavy (non-hydrogen) atoms. The fourth-order valence-electron chi connectivity index (χ4n) is 4.28. The molecule has 0 bridgehead atoms. The SMILES string of the molecule is CNC(=O)c1c(-c2ccc(F)cc2)oc2ccc(-n3cc(C(=O)NC(CO)c4ccc(F)cc4)ncc3=O)cc12. The molecule has 9 nitrogen and oxygen atoms in total. The Labute approximate surface area is 225 Å². The maximum atomic E-state index is 13.5. The Morgan fingerprint density at radius 1 is 1.00 bits per heavy atom. The molecule has 2 amide bonds. The van der Waals surface area contributed by atoms with Gasteiger partial charge in [0.1, 0.15) is 28.7 Å². The molecule has 2 aromatic heterocycles. The first kappa shape index (κ1) is 26.4. The van der Waals surface area contributed by atoms with Crippen LogP contribution in [-0.2, 0) is 0 Å². The van der Waals surface area contributed by atoms with Crippen LogP contribution in [0.1, 0.15) is 32.5 Å². The molecule has 0 radical (unpaired) electrons. The third-order valence-corrected chi connectivity index (χ3v) is 6.31. The van der Waals surface area contributed by atoms with Crippen LogP contribution in [0.3, 0.4) is 0 Å². The third-order valence-electron chi connectivity index (χ3n) is 6.31. The molecule has 5 rings (SSSR count). The van der Waals surface area contributed by atoms with E-state index in [1.54, 1.807) is 18.2 Å². The Balaban J connectivity index is 1.53. The third kappa shape index (κ3) is 5.09. The number of hydrogen-bond donors (Lipinski definition) is 3. The van der Waals surface area contributed by atoms with Gasteiger partial charge in [0.25, 0.3) is 17.4 Å². The van der Waals surface area contributed by atoms with Gasteiger partial charge in [-0.3, -0.25) is 19.0 Å². The van der Waals surface area contributed by atoms with Gasteiger partial charge in [0.2, 0.25) is 0 Å². The Morgan fingerprint density at radius 3 is 2.33 bits per heavy atom. The molecule has 3 N–H and O–H groups in total. The number of aliphatic hydroxyl groups excluding tert-OH is 1. The molecule has 5 aromatic rings. The highest BCUT2D eigenvalue weighted by Gasteiger charge is 2.23. The summed E-state index contributed by atoms with van der Waals surface area (Å²) in [4.78, 5) is 42.5. The van der Waals surface area contributed by atoms with Crippen LogP contribution in [0.4, 0.5) is 8.78 Å². The highest BCUT2D eigenvalue weighted by molar-refractivity contribution is 6.11. The zero-order chi connectivity index (χ0) is 28.4. The van der Waals surface area contributed by atoms with Crippen molar-refractivity contribution in [2.24, 2.45) is 0 Å². The molecule has 0 spiro atoms. The Morgan fingerprint density at radius 2 is 1.68 bits per heavy atom. The number of hydrogen-bond acceptors (Lipinski definition) is 6. The second kappa shape index (κ2) is 10.9. The van der Waals surface area contributed by atoms with Gasteiger partial charge >= 0.3 is 0 Å². The minimum Gasteiger partial charge on any atom is -0.455 e.